The molecule has 0 bridgehead atoms. The van der Waals surface area contributed by atoms with Crippen molar-refractivity contribution >= 4 is 28.9 Å². The summed E-state index contributed by atoms with van der Waals surface area (Å²) in [7, 11) is 0. The molecular formula is C25H26N2O5S. The highest BCUT2D eigenvalue weighted by molar-refractivity contribution is 7.80. The Kier molecular flexibility index (Phi) is 8.74. The summed E-state index contributed by atoms with van der Waals surface area (Å²) in [6.45, 7) is 5.00. The van der Waals surface area contributed by atoms with Gasteiger partial charge < -0.3 is 24.6 Å². The molecule has 0 spiro atoms. The van der Waals surface area contributed by atoms with E-state index in [1.54, 1.807) is 30.5 Å². The summed E-state index contributed by atoms with van der Waals surface area (Å²) in [5.41, 5.74) is 1.50. The van der Waals surface area contributed by atoms with E-state index in [4.69, 9.17) is 26.4 Å². The van der Waals surface area contributed by atoms with Crippen molar-refractivity contribution < 1.29 is 24.1 Å². The number of carbonyl (C=O) groups is 1. The fraction of sp³-hybridized carbons (Fsp3) is 0.240. The normalized spacial score (nSPS) is 10.6. The SMILES string of the molecule is CC(C)OCCOc1ccc(Oc2ccc(CC(=S)Nc3ccccc3C(=O)O)cn2)cc1. The van der Waals surface area contributed by atoms with Crippen molar-refractivity contribution in [1.82, 2.24) is 4.98 Å². The molecule has 8 heteroatoms. The van der Waals surface area contributed by atoms with Crippen LogP contribution in [0, 0.1) is 0 Å². The van der Waals surface area contributed by atoms with Crippen molar-refractivity contribution in [3.05, 3.63) is 78.0 Å². The fourth-order valence-corrected chi connectivity index (χ4v) is 3.18. The Bertz CT molecular complexity index is 1070. The number of rotatable bonds is 11. The van der Waals surface area contributed by atoms with Crippen LogP contribution in [0.3, 0.4) is 0 Å². The molecule has 0 aliphatic heterocycles. The molecule has 3 aromatic rings. The topological polar surface area (TPSA) is 89.9 Å². The third-order valence-corrected chi connectivity index (χ3v) is 4.69. The van der Waals surface area contributed by atoms with Gasteiger partial charge in [-0.2, -0.15) is 0 Å². The highest BCUT2D eigenvalue weighted by atomic mass is 32.1. The summed E-state index contributed by atoms with van der Waals surface area (Å²) in [6, 6.07) is 17.6. The van der Waals surface area contributed by atoms with Crippen LogP contribution < -0.4 is 14.8 Å². The number of hydrogen-bond donors (Lipinski definition) is 2. The number of ether oxygens (including phenoxy) is 3. The van der Waals surface area contributed by atoms with Gasteiger partial charge in [0.25, 0.3) is 0 Å². The van der Waals surface area contributed by atoms with Gasteiger partial charge in [0.1, 0.15) is 18.1 Å². The van der Waals surface area contributed by atoms with Crippen LogP contribution in [0.1, 0.15) is 29.8 Å². The summed E-state index contributed by atoms with van der Waals surface area (Å²) in [5.74, 6) is 0.823. The number of pyridine rings is 1. The first-order valence-corrected chi connectivity index (χ1v) is 10.9. The minimum absolute atomic E-state index is 0.169. The van der Waals surface area contributed by atoms with Crippen LogP contribution in [0.2, 0.25) is 0 Å². The summed E-state index contributed by atoms with van der Waals surface area (Å²) >= 11 is 5.38. The van der Waals surface area contributed by atoms with E-state index in [-0.39, 0.29) is 11.7 Å². The molecule has 33 heavy (non-hydrogen) atoms. The Morgan fingerprint density at radius 1 is 1.03 bits per heavy atom. The highest BCUT2D eigenvalue weighted by Gasteiger charge is 2.10. The summed E-state index contributed by atoms with van der Waals surface area (Å²) in [6.07, 6.45) is 2.28. The minimum Gasteiger partial charge on any atom is -0.491 e. The third-order valence-electron chi connectivity index (χ3n) is 4.44. The number of thiocarbonyl (C=S) groups is 1. The van der Waals surface area contributed by atoms with E-state index in [9.17, 15) is 9.90 Å². The number of aromatic carboxylic acids is 1. The molecule has 1 aromatic heterocycles. The molecule has 0 aliphatic carbocycles. The van der Waals surface area contributed by atoms with Gasteiger partial charge in [-0.05, 0) is 55.8 Å². The standard InChI is InChI=1S/C25H26N2O5S/c1-17(2)30-13-14-31-19-8-10-20(11-9-19)32-23-12-7-18(16-26-23)15-24(33)27-22-6-4-3-5-21(22)25(28)29/h3-12,16-17H,13-15H2,1-2H3,(H,27,33)(H,28,29). The quantitative estimate of drug-likeness (QED) is 0.288. The van der Waals surface area contributed by atoms with E-state index >= 15 is 0 Å². The van der Waals surface area contributed by atoms with Gasteiger partial charge in [-0.3, -0.25) is 0 Å². The summed E-state index contributed by atoms with van der Waals surface area (Å²) in [5, 5.41) is 12.3. The second-order valence-electron chi connectivity index (χ2n) is 7.42. The molecule has 0 amide bonds. The van der Waals surface area contributed by atoms with Crippen molar-refractivity contribution in [3.63, 3.8) is 0 Å². The number of nitrogens with zero attached hydrogens (tertiary/aromatic N) is 1. The van der Waals surface area contributed by atoms with E-state index in [0.29, 0.717) is 41.9 Å². The first kappa shape index (κ1) is 24.2. The van der Waals surface area contributed by atoms with Gasteiger partial charge in [0.2, 0.25) is 5.88 Å². The van der Waals surface area contributed by atoms with E-state index in [2.05, 4.69) is 10.3 Å². The maximum Gasteiger partial charge on any atom is 0.337 e. The van der Waals surface area contributed by atoms with Gasteiger partial charge in [-0.25, -0.2) is 9.78 Å². The van der Waals surface area contributed by atoms with Gasteiger partial charge >= 0.3 is 5.97 Å². The lowest BCUT2D eigenvalue weighted by Gasteiger charge is -2.11. The molecule has 2 aromatic carbocycles. The lowest BCUT2D eigenvalue weighted by atomic mass is 10.1. The number of aromatic nitrogens is 1. The maximum absolute atomic E-state index is 11.3. The second kappa shape index (κ2) is 11.9. The van der Waals surface area contributed by atoms with Crippen molar-refractivity contribution in [2.24, 2.45) is 0 Å². The molecule has 2 N–H and O–H groups in total. The monoisotopic (exact) mass is 466 g/mol. The Morgan fingerprint density at radius 2 is 1.76 bits per heavy atom. The molecule has 0 fully saturated rings. The van der Waals surface area contributed by atoms with Crippen LogP contribution in [0.15, 0.2) is 66.9 Å². The van der Waals surface area contributed by atoms with E-state index < -0.39 is 5.97 Å². The molecule has 172 valence electrons. The van der Waals surface area contributed by atoms with Gasteiger partial charge in [-0.1, -0.05) is 30.4 Å². The molecule has 0 aliphatic rings. The molecule has 0 saturated carbocycles. The molecule has 7 nitrogen and oxygen atoms in total. The number of nitrogens with one attached hydrogen (secondary N) is 1. The number of benzene rings is 2. The molecule has 3 rings (SSSR count). The van der Waals surface area contributed by atoms with Gasteiger partial charge in [-0.15, -0.1) is 0 Å². The zero-order chi connectivity index (χ0) is 23.6. The van der Waals surface area contributed by atoms with E-state index in [1.807, 2.05) is 44.2 Å². The molecule has 0 radical (unpaired) electrons. The smallest absolute Gasteiger partial charge is 0.337 e. The average Bonchev–Trinajstić information content (AvgIpc) is 2.79. The number of para-hydroxylation sites is 1. The van der Waals surface area contributed by atoms with Gasteiger partial charge in [0.05, 0.1) is 29.0 Å². The second-order valence-corrected chi connectivity index (χ2v) is 7.91. The molecule has 0 atom stereocenters. The Balaban J connectivity index is 1.50. The van der Waals surface area contributed by atoms with E-state index in [0.717, 1.165) is 11.3 Å². The number of carboxylic acid groups (broad SMARTS) is 1. The number of hydrogen-bond acceptors (Lipinski definition) is 6. The van der Waals surface area contributed by atoms with Crippen LogP contribution in [-0.4, -0.2) is 40.4 Å². The fourth-order valence-electron chi connectivity index (χ4n) is 2.90. The molecular weight excluding hydrogens is 440 g/mol. The van der Waals surface area contributed by atoms with Crippen molar-refractivity contribution in [3.8, 4) is 17.4 Å². The lowest BCUT2D eigenvalue weighted by molar-refractivity contribution is 0.0552. The molecule has 1 heterocycles. The third kappa shape index (κ3) is 7.85. The van der Waals surface area contributed by atoms with Gasteiger partial charge in [0, 0.05) is 18.7 Å². The Labute approximate surface area is 198 Å². The predicted molar refractivity (Wildman–Crippen MR) is 131 cm³/mol. The minimum atomic E-state index is -1.01. The Morgan fingerprint density at radius 3 is 2.42 bits per heavy atom. The highest BCUT2D eigenvalue weighted by Crippen LogP contribution is 2.23. The predicted octanol–water partition coefficient (Wildman–Crippen LogP) is 5.36. The lowest BCUT2D eigenvalue weighted by Crippen LogP contribution is -2.15. The summed E-state index contributed by atoms with van der Waals surface area (Å²) in [4.78, 5) is 16.2. The van der Waals surface area contributed by atoms with Crippen LogP contribution in [-0.2, 0) is 11.2 Å². The van der Waals surface area contributed by atoms with Crippen molar-refractivity contribution in [2.75, 3.05) is 18.5 Å². The van der Waals surface area contributed by atoms with Crippen molar-refractivity contribution in [2.45, 2.75) is 26.4 Å². The van der Waals surface area contributed by atoms with Crippen molar-refractivity contribution in [1.29, 1.82) is 0 Å². The zero-order valence-electron chi connectivity index (χ0n) is 18.5. The van der Waals surface area contributed by atoms with Gasteiger partial charge in [0.15, 0.2) is 0 Å². The van der Waals surface area contributed by atoms with Crippen LogP contribution in [0.5, 0.6) is 17.4 Å². The molecule has 0 saturated heterocycles. The first-order chi connectivity index (χ1) is 15.9. The van der Waals surface area contributed by atoms with Crippen LogP contribution >= 0.6 is 12.2 Å². The first-order valence-electron chi connectivity index (χ1n) is 10.5. The Hall–Kier alpha value is -3.49. The average molecular weight is 467 g/mol. The summed E-state index contributed by atoms with van der Waals surface area (Å²) < 4.78 is 16.9. The van der Waals surface area contributed by atoms with Crippen LogP contribution in [0.4, 0.5) is 5.69 Å². The largest absolute Gasteiger partial charge is 0.491 e. The number of anilines is 1. The number of carboxylic acids is 1. The van der Waals surface area contributed by atoms with Crippen LogP contribution in [0.25, 0.3) is 0 Å². The molecule has 0 unspecified atom stereocenters. The zero-order valence-corrected chi connectivity index (χ0v) is 19.3. The van der Waals surface area contributed by atoms with E-state index in [1.165, 1.54) is 6.07 Å². The maximum atomic E-state index is 11.3.